The minimum Gasteiger partial charge on any atom is -0.494 e. The molecule has 2 nitrogen and oxygen atoms in total. The first kappa shape index (κ1) is 14.2. The molecule has 1 aromatic carbocycles. The van der Waals surface area contributed by atoms with Gasteiger partial charge in [0.25, 0.3) is 0 Å². The van der Waals surface area contributed by atoms with Gasteiger partial charge in [-0.1, -0.05) is 26.7 Å². The average molecular weight is 265 g/mol. The summed E-state index contributed by atoms with van der Waals surface area (Å²) in [6, 6.07) is 5.16. The summed E-state index contributed by atoms with van der Waals surface area (Å²) in [5.74, 6) is 1.86. The Morgan fingerprint density at radius 2 is 2.11 bits per heavy atom. The zero-order valence-electron chi connectivity index (χ0n) is 12.1. The van der Waals surface area contributed by atoms with Crippen molar-refractivity contribution in [3.63, 3.8) is 0 Å². The summed E-state index contributed by atoms with van der Waals surface area (Å²) in [5, 5.41) is 3.52. The highest BCUT2D eigenvalue weighted by Gasteiger charge is 2.24. The zero-order valence-corrected chi connectivity index (χ0v) is 12.1. The number of hydrogen-bond donors (Lipinski definition) is 1. The fourth-order valence-electron chi connectivity index (χ4n) is 2.97. The molecule has 0 aromatic heterocycles. The average Bonchev–Trinajstić information content (AvgIpc) is 2.41. The summed E-state index contributed by atoms with van der Waals surface area (Å²) in [5.41, 5.74) is 0.901. The number of halogens is 1. The number of ether oxygens (including phenoxy) is 1. The van der Waals surface area contributed by atoms with Crippen molar-refractivity contribution in [3.05, 3.63) is 24.0 Å². The van der Waals surface area contributed by atoms with Crippen LogP contribution in [0.25, 0.3) is 0 Å². The molecule has 1 fully saturated rings. The molecule has 0 radical (unpaired) electrons. The lowest BCUT2D eigenvalue weighted by Gasteiger charge is -2.33. The largest absolute Gasteiger partial charge is 0.494 e. The van der Waals surface area contributed by atoms with Crippen molar-refractivity contribution in [2.45, 2.75) is 45.6 Å². The summed E-state index contributed by atoms with van der Waals surface area (Å²) in [7, 11) is 1.58. The first-order valence-corrected chi connectivity index (χ1v) is 7.20. The van der Waals surface area contributed by atoms with Gasteiger partial charge in [0.2, 0.25) is 0 Å². The van der Waals surface area contributed by atoms with E-state index in [0.29, 0.717) is 11.8 Å². The Bertz CT molecular complexity index is 419. The van der Waals surface area contributed by atoms with Crippen molar-refractivity contribution < 1.29 is 9.13 Å². The molecular weight excluding hydrogens is 241 g/mol. The number of hydrogen-bond acceptors (Lipinski definition) is 2. The molecule has 19 heavy (non-hydrogen) atoms. The third-order valence-corrected chi connectivity index (χ3v) is 4.18. The highest BCUT2D eigenvalue weighted by molar-refractivity contribution is 5.57. The standard InChI is InChI=1S/C16H24FNO/c1-11(2)12-5-4-6-14(9-12)18-15-8-7-13(17)10-16(15)19-3/h7-8,10-12,14,18H,4-6,9H2,1-3H3. The molecule has 0 bridgehead atoms. The summed E-state index contributed by atoms with van der Waals surface area (Å²) in [6.45, 7) is 4.59. The van der Waals surface area contributed by atoms with Crippen LogP contribution in [0.1, 0.15) is 39.5 Å². The Labute approximate surface area is 115 Å². The van der Waals surface area contributed by atoms with E-state index in [-0.39, 0.29) is 5.82 Å². The van der Waals surface area contributed by atoms with Gasteiger partial charge < -0.3 is 10.1 Å². The van der Waals surface area contributed by atoms with Gasteiger partial charge in [-0.3, -0.25) is 0 Å². The lowest BCUT2D eigenvalue weighted by molar-refractivity contribution is 0.264. The number of rotatable bonds is 4. The van der Waals surface area contributed by atoms with Crippen molar-refractivity contribution in [2.75, 3.05) is 12.4 Å². The molecule has 2 unspecified atom stereocenters. The molecule has 106 valence electrons. The molecule has 1 aliphatic carbocycles. The van der Waals surface area contributed by atoms with Crippen LogP contribution in [0, 0.1) is 17.7 Å². The van der Waals surface area contributed by atoms with Crippen molar-refractivity contribution >= 4 is 5.69 Å². The highest BCUT2D eigenvalue weighted by Crippen LogP contribution is 2.33. The maximum absolute atomic E-state index is 13.2. The highest BCUT2D eigenvalue weighted by atomic mass is 19.1. The second-order valence-electron chi connectivity index (χ2n) is 5.86. The Hall–Kier alpha value is -1.25. The van der Waals surface area contributed by atoms with E-state index >= 15 is 0 Å². The van der Waals surface area contributed by atoms with Crippen LogP contribution in [0.3, 0.4) is 0 Å². The van der Waals surface area contributed by atoms with E-state index in [4.69, 9.17) is 4.74 Å². The molecular formula is C16H24FNO. The maximum Gasteiger partial charge on any atom is 0.144 e. The van der Waals surface area contributed by atoms with Crippen LogP contribution >= 0.6 is 0 Å². The predicted octanol–water partition coefficient (Wildman–Crippen LogP) is 4.46. The van der Waals surface area contributed by atoms with Gasteiger partial charge in [-0.05, 0) is 36.8 Å². The number of anilines is 1. The summed E-state index contributed by atoms with van der Waals surface area (Å²) < 4.78 is 18.4. The molecule has 0 spiro atoms. The first-order chi connectivity index (χ1) is 9.10. The minimum atomic E-state index is -0.258. The fraction of sp³-hybridized carbons (Fsp3) is 0.625. The number of nitrogens with one attached hydrogen (secondary N) is 1. The molecule has 1 saturated carbocycles. The molecule has 2 atom stereocenters. The van der Waals surface area contributed by atoms with E-state index in [0.717, 1.165) is 17.5 Å². The van der Waals surface area contributed by atoms with E-state index in [1.54, 1.807) is 13.2 Å². The van der Waals surface area contributed by atoms with E-state index in [1.807, 2.05) is 0 Å². The van der Waals surface area contributed by atoms with Crippen LogP contribution in [-0.2, 0) is 0 Å². The van der Waals surface area contributed by atoms with Crippen LogP contribution in [0.4, 0.5) is 10.1 Å². The Balaban J connectivity index is 2.04. The lowest BCUT2D eigenvalue weighted by atomic mass is 9.79. The van der Waals surface area contributed by atoms with Crippen molar-refractivity contribution in [3.8, 4) is 5.75 Å². The van der Waals surface area contributed by atoms with Gasteiger partial charge in [-0.25, -0.2) is 4.39 Å². The van der Waals surface area contributed by atoms with Gasteiger partial charge in [0, 0.05) is 12.1 Å². The van der Waals surface area contributed by atoms with Gasteiger partial charge >= 0.3 is 0 Å². The van der Waals surface area contributed by atoms with Crippen LogP contribution in [0.2, 0.25) is 0 Å². The quantitative estimate of drug-likeness (QED) is 0.867. The second-order valence-corrected chi connectivity index (χ2v) is 5.86. The SMILES string of the molecule is COc1cc(F)ccc1NC1CCCC(C(C)C)C1. The lowest BCUT2D eigenvalue weighted by Crippen LogP contribution is -2.29. The topological polar surface area (TPSA) is 21.3 Å². The van der Waals surface area contributed by atoms with Gasteiger partial charge in [-0.2, -0.15) is 0 Å². The van der Waals surface area contributed by atoms with E-state index < -0.39 is 0 Å². The van der Waals surface area contributed by atoms with Gasteiger partial charge in [-0.15, -0.1) is 0 Å². The minimum absolute atomic E-state index is 0.258. The Morgan fingerprint density at radius 3 is 2.79 bits per heavy atom. The van der Waals surface area contributed by atoms with Crippen LogP contribution in [-0.4, -0.2) is 13.2 Å². The number of benzene rings is 1. The third kappa shape index (κ3) is 3.62. The Kier molecular flexibility index (Phi) is 4.67. The van der Waals surface area contributed by atoms with Crippen molar-refractivity contribution in [2.24, 2.45) is 11.8 Å². The molecule has 3 heteroatoms. The fourth-order valence-corrected chi connectivity index (χ4v) is 2.97. The van der Waals surface area contributed by atoms with Gasteiger partial charge in [0.05, 0.1) is 12.8 Å². The predicted molar refractivity (Wildman–Crippen MR) is 77.2 cm³/mol. The van der Waals surface area contributed by atoms with E-state index in [2.05, 4.69) is 19.2 Å². The monoisotopic (exact) mass is 265 g/mol. The summed E-state index contributed by atoms with van der Waals surface area (Å²) in [4.78, 5) is 0. The molecule has 1 N–H and O–H groups in total. The van der Waals surface area contributed by atoms with Crippen LogP contribution in [0.5, 0.6) is 5.75 Å². The third-order valence-electron chi connectivity index (χ3n) is 4.18. The van der Waals surface area contributed by atoms with E-state index in [1.165, 1.54) is 37.8 Å². The van der Waals surface area contributed by atoms with Crippen LogP contribution < -0.4 is 10.1 Å². The van der Waals surface area contributed by atoms with Gasteiger partial charge in [0.1, 0.15) is 11.6 Å². The van der Waals surface area contributed by atoms with E-state index in [9.17, 15) is 4.39 Å². The first-order valence-electron chi connectivity index (χ1n) is 7.20. The molecule has 0 aliphatic heterocycles. The Morgan fingerprint density at radius 1 is 1.32 bits per heavy atom. The molecule has 0 heterocycles. The van der Waals surface area contributed by atoms with Crippen molar-refractivity contribution in [1.29, 1.82) is 0 Å². The zero-order chi connectivity index (χ0) is 13.8. The molecule has 1 aromatic rings. The molecule has 2 rings (SSSR count). The molecule has 0 amide bonds. The van der Waals surface area contributed by atoms with Crippen molar-refractivity contribution in [1.82, 2.24) is 0 Å². The van der Waals surface area contributed by atoms with Crippen LogP contribution in [0.15, 0.2) is 18.2 Å². The second kappa shape index (κ2) is 6.27. The summed E-state index contributed by atoms with van der Waals surface area (Å²) >= 11 is 0. The summed E-state index contributed by atoms with van der Waals surface area (Å²) in [6.07, 6.45) is 4.97. The molecule has 1 aliphatic rings. The molecule has 0 saturated heterocycles. The maximum atomic E-state index is 13.2. The number of methoxy groups -OCH3 is 1. The normalized spacial score (nSPS) is 23.4. The smallest absolute Gasteiger partial charge is 0.144 e. The van der Waals surface area contributed by atoms with Gasteiger partial charge in [0.15, 0.2) is 0 Å².